The molecule has 0 spiro atoms. The Hall–Kier alpha value is -1.01. The van der Waals surface area contributed by atoms with Gasteiger partial charge in [0.05, 0.1) is 6.10 Å². The van der Waals surface area contributed by atoms with E-state index in [4.69, 9.17) is 20.4 Å². The molecule has 0 atom stereocenters. The Bertz CT molecular complexity index is 190. The maximum Gasteiger partial charge on any atom is 0.233 e. The summed E-state index contributed by atoms with van der Waals surface area (Å²) < 4.78 is 10.2. The molecule has 0 aromatic rings. The van der Waals surface area contributed by atoms with Gasteiger partial charge in [0.2, 0.25) is 5.96 Å². The van der Waals surface area contributed by atoms with Crippen LogP contribution in [0.2, 0.25) is 0 Å². The van der Waals surface area contributed by atoms with E-state index in [0.29, 0.717) is 6.79 Å². The molecule has 0 saturated carbocycles. The highest BCUT2D eigenvalue weighted by atomic mass is 16.7. The molecule has 0 aromatic carbocycles. The van der Waals surface area contributed by atoms with Crippen LogP contribution in [0.1, 0.15) is 12.8 Å². The number of nitrogens with zero attached hydrogens (tertiary/aromatic N) is 2. The zero-order valence-electron chi connectivity index (χ0n) is 8.35. The summed E-state index contributed by atoms with van der Waals surface area (Å²) in [6, 6.07) is 0. The number of hydrogen-bond acceptors (Lipinski definition) is 4. The van der Waals surface area contributed by atoms with Gasteiger partial charge >= 0.3 is 0 Å². The molecule has 1 fully saturated rings. The third-order valence-corrected chi connectivity index (χ3v) is 2.29. The highest BCUT2D eigenvalue weighted by molar-refractivity contribution is 5.77. The topological polar surface area (TPSA) is 80.3 Å². The molecule has 6 nitrogen and oxygen atoms in total. The van der Waals surface area contributed by atoms with Gasteiger partial charge in [0.1, 0.15) is 6.79 Å². The molecule has 0 aromatic heterocycles. The maximum absolute atomic E-state index is 8.46. The van der Waals surface area contributed by atoms with Gasteiger partial charge < -0.3 is 25.3 Å². The fourth-order valence-corrected chi connectivity index (χ4v) is 1.48. The van der Waals surface area contributed by atoms with Crippen molar-refractivity contribution >= 4 is 5.96 Å². The van der Waals surface area contributed by atoms with E-state index in [2.05, 4.69) is 5.16 Å². The Morgan fingerprint density at radius 1 is 1.57 bits per heavy atom. The van der Waals surface area contributed by atoms with E-state index in [0.717, 1.165) is 25.9 Å². The van der Waals surface area contributed by atoms with Gasteiger partial charge in [0.25, 0.3) is 0 Å². The number of oxime groups is 1. The molecule has 14 heavy (non-hydrogen) atoms. The molecule has 6 heteroatoms. The third kappa shape index (κ3) is 3.04. The second-order valence-electron chi connectivity index (χ2n) is 3.22. The third-order valence-electron chi connectivity index (χ3n) is 2.29. The van der Waals surface area contributed by atoms with E-state index in [1.165, 1.54) is 0 Å². The number of ether oxygens (including phenoxy) is 2. The lowest BCUT2D eigenvalue weighted by Crippen LogP contribution is -2.44. The first kappa shape index (κ1) is 11.1. The van der Waals surface area contributed by atoms with Crippen molar-refractivity contribution < 1.29 is 14.7 Å². The second kappa shape index (κ2) is 5.66. The second-order valence-corrected chi connectivity index (χ2v) is 3.22. The number of methoxy groups -OCH3 is 1. The zero-order valence-corrected chi connectivity index (χ0v) is 8.35. The van der Waals surface area contributed by atoms with Crippen molar-refractivity contribution in [2.45, 2.75) is 18.9 Å². The first-order chi connectivity index (χ1) is 6.77. The highest BCUT2D eigenvalue weighted by Crippen LogP contribution is 2.13. The van der Waals surface area contributed by atoms with Crippen LogP contribution in [0.5, 0.6) is 0 Å². The molecule has 82 valence electrons. The minimum atomic E-state index is 0.176. The summed E-state index contributed by atoms with van der Waals surface area (Å²) in [5.74, 6) is 0.176. The summed E-state index contributed by atoms with van der Waals surface area (Å²) in [5, 5.41) is 11.4. The number of nitrogens with two attached hydrogens (primary N) is 1. The lowest BCUT2D eigenvalue weighted by atomic mass is 10.1. The molecule has 0 aliphatic carbocycles. The van der Waals surface area contributed by atoms with Crippen LogP contribution in [0.4, 0.5) is 0 Å². The van der Waals surface area contributed by atoms with E-state index < -0.39 is 0 Å². The average Bonchev–Trinajstić information content (AvgIpc) is 2.26. The van der Waals surface area contributed by atoms with Gasteiger partial charge in [-0.1, -0.05) is 5.16 Å². The quantitative estimate of drug-likeness (QED) is 0.218. The van der Waals surface area contributed by atoms with E-state index in [-0.39, 0.29) is 12.1 Å². The van der Waals surface area contributed by atoms with Crippen molar-refractivity contribution in [3.05, 3.63) is 0 Å². The average molecular weight is 203 g/mol. The number of likely N-dealkylation sites (tertiary alicyclic amines) is 1. The number of rotatable bonds is 3. The summed E-state index contributed by atoms with van der Waals surface area (Å²) in [5.41, 5.74) is 5.45. The van der Waals surface area contributed by atoms with Gasteiger partial charge in [-0.15, -0.1) is 0 Å². The molecule has 0 radical (unpaired) electrons. The lowest BCUT2D eigenvalue weighted by Gasteiger charge is -2.31. The predicted molar refractivity (Wildman–Crippen MR) is 51.0 cm³/mol. The lowest BCUT2D eigenvalue weighted by molar-refractivity contribution is -0.0849. The largest absolute Gasteiger partial charge is 0.408 e. The van der Waals surface area contributed by atoms with E-state index >= 15 is 0 Å². The molecule has 3 N–H and O–H groups in total. The molecule has 1 aliphatic heterocycles. The van der Waals surface area contributed by atoms with Crippen LogP contribution >= 0.6 is 0 Å². The Kier molecular flexibility index (Phi) is 4.48. The summed E-state index contributed by atoms with van der Waals surface area (Å²) in [7, 11) is 1.60. The predicted octanol–water partition coefficient (Wildman–Crippen LogP) is -0.225. The van der Waals surface area contributed by atoms with Gasteiger partial charge in [-0.25, -0.2) is 0 Å². The molecule has 0 unspecified atom stereocenters. The van der Waals surface area contributed by atoms with Gasteiger partial charge in [0, 0.05) is 20.2 Å². The Morgan fingerprint density at radius 2 is 2.21 bits per heavy atom. The highest BCUT2D eigenvalue weighted by Gasteiger charge is 2.20. The van der Waals surface area contributed by atoms with Gasteiger partial charge in [-0.2, -0.15) is 0 Å². The van der Waals surface area contributed by atoms with Crippen molar-refractivity contribution in [2.24, 2.45) is 10.9 Å². The molecule has 1 rings (SSSR count). The van der Waals surface area contributed by atoms with Crippen molar-refractivity contribution in [3.8, 4) is 0 Å². The molecular formula is C8H17N3O3. The summed E-state index contributed by atoms with van der Waals surface area (Å²) >= 11 is 0. The van der Waals surface area contributed by atoms with Gasteiger partial charge in [-0.3, -0.25) is 0 Å². The molecule has 1 heterocycles. The van der Waals surface area contributed by atoms with Crippen molar-refractivity contribution in [1.29, 1.82) is 0 Å². The monoisotopic (exact) mass is 203 g/mol. The Labute approximate surface area is 83.3 Å². The van der Waals surface area contributed by atoms with E-state index in [1.807, 2.05) is 4.90 Å². The summed E-state index contributed by atoms with van der Waals surface area (Å²) in [6.45, 7) is 1.84. The minimum Gasteiger partial charge on any atom is -0.408 e. The Morgan fingerprint density at radius 3 is 2.71 bits per heavy atom. The number of hydrogen-bond donors (Lipinski definition) is 2. The van der Waals surface area contributed by atoms with E-state index in [9.17, 15) is 0 Å². The van der Waals surface area contributed by atoms with Crippen LogP contribution < -0.4 is 5.73 Å². The molecular weight excluding hydrogens is 186 g/mol. The van der Waals surface area contributed by atoms with Crippen molar-refractivity contribution in [3.63, 3.8) is 0 Å². The van der Waals surface area contributed by atoms with Crippen LogP contribution in [0.25, 0.3) is 0 Å². The number of guanidine groups is 1. The summed E-state index contributed by atoms with van der Waals surface area (Å²) in [6.07, 6.45) is 1.97. The number of piperidine rings is 1. The van der Waals surface area contributed by atoms with Crippen LogP contribution in [0.3, 0.4) is 0 Å². The summed E-state index contributed by atoms with van der Waals surface area (Å²) in [4.78, 5) is 1.83. The molecule has 1 saturated heterocycles. The fourth-order valence-electron chi connectivity index (χ4n) is 1.48. The van der Waals surface area contributed by atoms with Crippen LogP contribution in [-0.4, -0.2) is 49.2 Å². The first-order valence-corrected chi connectivity index (χ1v) is 4.61. The standard InChI is InChI=1S/C8H17N3O3/c1-13-6-14-7-2-4-11(5-3-7)8(9)10-12/h7,12H,2-6H2,1H3,(H2,9,10). The van der Waals surface area contributed by atoms with Crippen LogP contribution in [0.15, 0.2) is 5.16 Å². The van der Waals surface area contributed by atoms with Crippen molar-refractivity contribution in [1.82, 2.24) is 4.90 Å². The smallest absolute Gasteiger partial charge is 0.233 e. The minimum absolute atomic E-state index is 0.176. The van der Waals surface area contributed by atoms with Gasteiger partial charge in [-0.05, 0) is 12.8 Å². The zero-order chi connectivity index (χ0) is 10.4. The first-order valence-electron chi connectivity index (χ1n) is 4.61. The van der Waals surface area contributed by atoms with Crippen molar-refractivity contribution in [2.75, 3.05) is 27.0 Å². The fraction of sp³-hybridized carbons (Fsp3) is 0.875. The molecule has 0 amide bonds. The van der Waals surface area contributed by atoms with E-state index in [1.54, 1.807) is 7.11 Å². The molecule has 0 bridgehead atoms. The maximum atomic E-state index is 8.46. The Balaban J connectivity index is 2.24. The SMILES string of the molecule is COCOC1CCN(/C(N)=N/O)CC1. The van der Waals surface area contributed by atoms with Crippen LogP contribution in [0, 0.1) is 0 Å². The van der Waals surface area contributed by atoms with Crippen LogP contribution in [-0.2, 0) is 9.47 Å². The molecule has 1 aliphatic rings. The normalized spacial score (nSPS) is 20.1. The van der Waals surface area contributed by atoms with Gasteiger partial charge in [0.15, 0.2) is 0 Å².